The smallest absolute Gasteiger partial charge is 0.0629 e. The molecule has 2 rings (SSSR count). The SMILES string of the molecule is CC(C)c1cccc(Nc2cc(Br)ccc2N)c1. The molecule has 2 nitrogen and oxygen atoms in total. The third-order valence-electron chi connectivity index (χ3n) is 2.85. The van der Waals surface area contributed by atoms with Crippen molar-refractivity contribution in [3.8, 4) is 0 Å². The lowest BCUT2D eigenvalue weighted by molar-refractivity contribution is 0.867. The number of hydrogen-bond donors (Lipinski definition) is 2. The van der Waals surface area contributed by atoms with Crippen LogP contribution in [0.2, 0.25) is 0 Å². The van der Waals surface area contributed by atoms with E-state index in [2.05, 4.69) is 53.3 Å². The van der Waals surface area contributed by atoms with Crippen molar-refractivity contribution in [3.63, 3.8) is 0 Å². The molecule has 18 heavy (non-hydrogen) atoms. The minimum absolute atomic E-state index is 0.520. The Morgan fingerprint density at radius 3 is 2.61 bits per heavy atom. The van der Waals surface area contributed by atoms with E-state index in [1.54, 1.807) is 0 Å². The molecule has 0 saturated heterocycles. The van der Waals surface area contributed by atoms with Gasteiger partial charge >= 0.3 is 0 Å². The lowest BCUT2D eigenvalue weighted by Crippen LogP contribution is -1.97. The lowest BCUT2D eigenvalue weighted by Gasteiger charge is -2.12. The van der Waals surface area contributed by atoms with Crippen molar-refractivity contribution in [2.24, 2.45) is 0 Å². The van der Waals surface area contributed by atoms with Gasteiger partial charge in [-0.25, -0.2) is 0 Å². The Labute approximate surface area is 116 Å². The van der Waals surface area contributed by atoms with Crippen molar-refractivity contribution >= 4 is 33.0 Å². The van der Waals surface area contributed by atoms with Crippen LogP contribution in [0, 0.1) is 0 Å². The highest BCUT2D eigenvalue weighted by Gasteiger charge is 2.03. The summed E-state index contributed by atoms with van der Waals surface area (Å²) in [6.07, 6.45) is 0. The van der Waals surface area contributed by atoms with Gasteiger partial charge in [-0.05, 0) is 41.8 Å². The van der Waals surface area contributed by atoms with E-state index in [-0.39, 0.29) is 0 Å². The molecule has 0 spiro atoms. The van der Waals surface area contributed by atoms with Gasteiger partial charge in [0.2, 0.25) is 0 Å². The number of nitrogens with two attached hydrogens (primary N) is 1. The Hall–Kier alpha value is -1.48. The topological polar surface area (TPSA) is 38.0 Å². The minimum atomic E-state index is 0.520. The summed E-state index contributed by atoms with van der Waals surface area (Å²) in [5, 5.41) is 3.35. The highest BCUT2D eigenvalue weighted by molar-refractivity contribution is 9.10. The van der Waals surface area contributed by atoms with Crippen LogP contribution in [0.25, 0.3) is 0 Å². The average molecular weight is 305 g/mol. The molecule has 2 aromatic rings. The fourth-order valence-electron chi connectivity index (χ4n) is 1.77. The van der Waals surface area contributed by atoms with Gasteiger partial charge in [0.15, 0.2) is 0 Å². The summed E-state index contributed by atoms with van der Waals surface area (Å²) in [5.41, 5.74) is 9.99. The normalized spacial score (nSPS) is 10.7. The molecule has 0 aromatic heterocycles. The van der Waals surface area contributed by atoms with Crippen molar-refractivity contribution in [2.45, 2.75) is 19.8 Å². The quantitative estimate of drug-likeness (QED) is 0.792. The van der Waals surface area contributed by atoms with Crippen molar-refractivity contribution in [2.75, 3.05) is 11.1 Å². The third kappa shape index (κ3) is 3.05. The van der Waals surface area contributed by atoms with Crippen LogP contribution in [0.4, 0.5) is 17.1 Å². The van der Waals surface area contributed by atoms with E-state index in [9.17, 15) is 0 Å². The first-order valence-corrected chi connectivity index (χ1v) is 6.77. The Kier molecular flexibility index (Phi) is 3.92. The van der Waals surface area contributed by atoms with Gasteiger partial charge in [0.25, 0.3) is 0 Å². The van der Waals surface area contributed by atoms with E-state index in [0.717, 1.165) is 21.5 Å². The van der Waals surface area contributed by atoms with Crippen LogP contribution in [-0.2, 0) is 0 Å². The minimum Gasteiger partial charge on any atom is -0.397 e. The van der Waals surface area contributed by atoms with Crippen molar-refractivity contribution in [3.05, 3.63) is 52.5 Å². The van der Waals surface area contributed by atoms with E-state index in [1.165, 1.54) is 5.56 Å². The molecule has 0 aliphatic rings. The molecule has 3 heteroatoms. The summed E-state index contributed by atoms with van der Waals surface area (Å²) in [5.74, 6) is 0.520. The number of anilines is 3. The fourth-order valence-corrected chi connectivity index (χ4v) is 2.13. The van der Waals surface area contributed by atoms with Gasteiger partial charge in [0.1, 0.15) is 0 Å². The molecular formula is C15H17BrN2. The van der Waals surface area contributed by atoms with Gasteiger partial charge in [-0.3, -0.25) is 0 Å². The summed E-state index contributed by atoms with van der Waals surface area (Å²) in [6.45, 7) is 4.37. The first-order chi connectivity index (χ1) is 8.56. The molecule has 0 saturated carbocycles. The molecular weight excluding hydrogens is 288 g/mol. The lowest BCUT2D eigenvalue weighted by atomic mass is 10.0. The number of nitrogens with one attached hydrogen (secondary N) is 1. The van der Waals surface area contributed by atoms with Crippen molar-refractivity contribution in [1.82, 2.24) is 0 Å². The van der Waals surface area contributed by atoms with E-state index >= 15 is 0 Å². The predicted octanol–water partition coefficient (Wildman–Crippen LogP) is 4.90. The zero-order chi connectivity index (χ0) is 13.1. The zero-order valence-corrected chi connectivity index (χ0v) is 12.2. The molecule has 0 aliphatic carbocycles. The first-order valence-electron chi connectivity index (χ1n) is 5.98. The van der Waals surface area contributed by atoms with Crippen molar-refractivity contribution < 1.29 is 0 Å². The summed E-state index contributed by atoms with van der Waals surface area (Å²) in [6, 6.07) is 14.2. The van der Waals surface area contributed by atoms with Crippen LogP contribution in [0.15, 0.2) is 46.9 Å². The molecule has 0 radical (unpaired) electrons. The van der Waals surface area contributed by atoms with E-state index in [1.807, 2.05) is 24.3 Å². The molecule has 0 aliphatic heterocycles. The van der Waals surface area contributed by atoms with E-state index in [0.29, 0.717) is 5.92 Å². The average Bonchev–Trinajstić information content (AvgIpc) is 2.34. The van der Waals surface area contributed by atoms with Gasteiger partial charge < -0.3 is 11.1 Å². The molecule has 0 amide bonds. The van der Waals surface area contributed by atoms with Crippen LogP contribution < -0.4 is 11.1 Å². The van der Waals surface area contributed by atoms with Crippen LogP contribution >= 0.6 is 15.9 Å². The largest absolute Gasteiger partial charge is 0.397 e. The maximum Gasteiger partial charge on any atom is 0.0629 e. The molecule has 0 atom stereocenters. The zero-order valence-electron chi connectivity index (χ0n) is 10.6. The number of rotatable bonds is 3. The Morgan fingerprint density at radius 1 is 1.11 bits per heavy atom. The highest BCUT2D eigenvalue weighted by atomic mass is 79.9. The van der Waals surface area contributed by atoms with Gasteiger partial charge in [-0.15, -0.1) is 0 Å². The summed E-state index contributed by atoms with van der Waals surface area (Å²) in [4.78, 5) is 0. The van der Waals surface area contributed by atoms with Crippen LogP contribution in [0.5, 0.6) is 0 Å². The van der Waals surface area contributed by atoms with Gasteiger partial charge in [-0.2, -0.15) is 0 Å². The van der Waals surface area contributed by atoms with Crippen LogP contribution in [0.3, 0.4) is 0 Å². The van der Waals surface area contributed by atoms with Gasteiger partial charge in [-0.1, -0.05) is 41.9 Å². The number of halogens is 1. The fraction of sp³-hybridized carbons (Fsp3) is 0.200. The summed E-state index contributed by atoms with van der Waals surface area (Å²) in [7, 11) is 0. The maximum atomic E-state index is 5.95. The second-order valence-corrected chi connectivity index (χ2v) is 5.55. The summed E-state index contributed by atoms with van der Waals surface area (Å²) < 4.78 is 1.01. The van der Waals surface area contributed by atoms with Crippen LogP contribution in [-0.4, -0.2) is 0 Å². The van der Waals surface area contributed by atoms with Crippen molar-refractivity contribution in [1.29, 1.82) is 0 Å². The summed E-state index contributed by atoms with van der Waals surface area (Å²) >= 11 is 3.45. The Morgan fingerprint density at radius 2 is 1.89 bits per heavy atom. The molecule has 94 valence electrons. The predicted molar refractivity (Wildman–Crippen MR) is 82.4 cm³/mol. The third-order valence-corrected chi connectivity index (χ3v) is 3.34. The van der Waals surface area contributed by atoms with Gasteiger partial charge in [0, 0.05) is 10.2 Å². The molecule has 0 bridgehead atoms. The second kappa shape index (κ2) is 5.44. The van der Waals surface area contributed by atoms with Gasteiger partial charge in [0.05, 0.1) is 11.4 Å². The first kappa shape index (κ1) is 13.0. The number of benzene rings is 2. The number of hydrogen-bond acceptors (Lipinski definition) is 2. The molecule has 3 N–H and O–H groups in total. The molecule has 2 aromatic carbocycles. The highest BCUT2D eigenvalue weighted by Crippen LogP contribution is 2.28. The maximum absolute atomic E-state index is 5.95. The standard InChI is InChI=1S/C15H17BrN2/c1-10(2)11-4-3-5-13(8-11)18-15-9-12(16)6-7-14(15)17/h3-10,18H,17H2,1-2H3. The van der Waals surface area contributed by atoms with Crippen LogP contribution in [0.1, 0.15) is 25.3 Å². The van der Waals surface area contributed by atoms with E-state index in [4.69, 9.17) is 5.73 Å². The number of nitrogen functional groups attached to an aromatic ring is 1. The Balaban J connectivity index is 2.28. The van der Waals surface area contributed by atoms with E-state index < -0.39 is 0 Å². The second-order valence-electron chi connectivity index (χ2n) is 4.64. The molecule has 0 fully saturated rings. The molecule has 0 unspecified atom stereocenters. The monoisotopic (exact) mass is 304 g/mol. The molecule has 0 heterocycles. The Bertz CT molecular complexity index is 550.